The van der Waals surface area contributed by atoms with E-state index in [2.05, 4.69) is 17.2 Å². The molecule has 3 N–H and O–H groups in total. The summed E-state index contributed by atoms with van der Waals surface area (Å²) < 4.78 is 0. The molecule has 1 fully saturated rings. The summed E-state index contributed by atoms with van der Waals surface area (Å²) in [5, 5.41) is 2.95. The lowest BCUT2D eigenvalue weighted by atomic mass is 9.70. The van der Waals surface area contributed by atoms with Crippen molar-refractivity contribution < 1.29 is 4.79 Å². The molecule has 1 aromatic rings. The van der Waals surface area contributed by atoms with E-state index in [0.717, 1.165) is 6.54 Å². The highest BCUT2D eigenvalue weighted by Crippen LogP contribution is 2.39. The van der Waals surface area contributed by atoms with Gasteiger partial charge in [-0.25, -0.2) is 4.98 Å². The molecule has 0 unspecified atom stereocenters. The number of nitrogen functional groups attached to an aromatic ring is 1. The Morgan fingerprint density at radius 2 is 2.38 bits per heavy atom. The van der Waals surface area contributed by atoms with Gasteiger partial charge in [0.15, 0.2) is 0 Å². The lowest BCUT2D eigenvalue weighted by Gasteiger charge is -2.38. The number of hydrogen-bond acceptors (Lipinski definition) is 3. The zero-order chi connectivity index (χ0) is 11.6. The number of carbonyl (C=O) groups is 1. The van der Waals surface area contributed by atoms with Crippen molar-refractivity contribution in [2.24, 2.45) is 5.41 Å². The highest BCUT2D eigenvalue weighted by atomic mass is 16.1. The quantitative estimate of drug-likeness (QED) is 0.811. The van der Waals surface area contributed by atoms with E-state index < -0.39 is 0 Å². The molecule has 1 heterocycles. The first-order chi connectivity index (χ1) is 7.59. The van der Waals surface area contributed by atoms with Gasteiger partial charge in [0.1, 0.15) is 5.82 Å². The third kappa shape index (κ3) is 2.32. The lowest BCUT2D eigenvalue weighted by Crippen LogP contribution is -2.39. The monoisotopic (exact) mass is 219 g/mol. The first-order valence-electron chi connectivity index (χ1n) is 5.59. The Bertz CT molecular complexity index is 399. The normalized spacial score (nSPS) is 17.6. The minimum atomic E-state index is -0.0674. The van der Waals surface area contributed by atoms with Gasteiger partial charge in [-0.05, 0) is 30.4 Å². The Morgan fingerprint density at radius 3 is 2.94 bits per heavy atom. The molecular formula is C12H17N3O. The standard InChI is InChI=1S/C12H17N3O/c1-12(4-2-5-12)8-15-11(16)9-3-6-14-10(13)7-9/h3,6-7H,2,4-5,8H2,1H3,(H2,13,14)(H,15,16). The van der Waals surface area contributed by atoms with Crippen LogP contribution in [0.25, 0.3) is 0 Å². The maximum Gasteiger partial charge on any atom is 0.251 e. The van der Waals surface area contributed by atoms with Crippen LogP contribution in [0.15, 0.2) is 18.3 Å². The summed E-state index contributed by atoms with van der Waals surface area (Å²) >= 11 is 0. The van der Waals surface area contributed by atoms with E-state index in [9.17, 15) is 4.79 Å². The number of anilines is 1. The molecule has 0 atom stereocenters. The largest absolute Gasteiger partial charge is 0.384 e. The molecule has 1 saturated carbocycles. The van der Waals surface area contributed by atoms with Crippen molar-refractivity contribution >= 4 is 11.7 Å². The molecule has 0 spiro atoms. The minimum absolute atomic E-state index is 0.0674. The zero-order valence-corrected chi connectivity index (χ0v) is 9.49. The van der Waals surface area contributed by atoms with Crippen LogP contribution in [-0.2, 0) is 0 Å². The predicted octanol–water partition coefficient (Wildman–Crippen LogP) is 1.58. The number of pyridine rings is 1. The Kier molecular flexibility index (Phi) is 2.81. The molecule has 0 radical (unpaired) electrons. The van der Waals surface area contributed by atoms with Crippen LogP contribution in [0.4, 0.5) is 5.82 Å². The number of nitrogens with two attached hydrogens (primary N) is 1. The number of nitrogens with zero attached hydrogens (tertiary/aromatic N) is 1. The van der Waals surface area contributed by atoms with Crippen molar-refractivity contribution in [2.75, 3.05) is 12.3 Å². The minimum Gasteiger partial charge on any atom is -0.384 e. The highest BCUT2D eigenvalue weighted by molar-refractivity contribution is 5.94. The second-order valence-corrected chi connectivity index (χ2v) is 4.82. The number of aromatic nitrogens is 1. The first-order valence-corrected chi connectivity index (χ1v) is 5.59. The first kappa shape index (κ1) is 10.9. The van der Waals surface area contributed by atoms with Crippen LogP contribution in [-0.4, -0.2) is 17.4 Å². The number of rotatable bonds is 3. The number of carbonyl (C=O) groups excluding carboxylic acids is 1. The second kappa shape index (κ2) is 4.12. The van der Waals surface area contributed by atoms with Crippen molar-refractivity contribution in [2.45, 2.75) is 26.2 Å². The van der Waals surface area contributed by atoms with E-state index in [0.29, 0.717) is 16.8 Å². The number of amides is 1. The van der Waals surface area contributed by atoms with E-state index in [-0.39, 0.29) is 5.91 Å². The van der Waals surface area contributed by atoms with E-state index in [1.807, 2.05) is 0 Å². The Labute approximate surface area is 95.3 Å². The fourth-order valence-corrected chi connectivity index (χ4v) is 1.94. The fourth-order valence-electron chi connectivity index (χ4n) is 1.94. The van der Waals surface area contributed by atoms with Gasteiger partial charge in [0.05, 0.1) is 0 Å². The van der Waals surface area contributed by atoms with E-state index in [4.69, 9.17) is 5.73 Å². The molecule has 2 rings (SSSR count). The fraction of sp³-hybridized carbons (Fsp3) is 0.500. The summed E-state index contributed by atoms with van der Waals surface area (Å²) in [6.45, 7) is 2.95. The van der Waals surface area contributed by atoms with Crippen LogP contribution < -0.4 is 11.1 Å². The third-order valence-electron chi connectivity index (χ3n) is 3.28. The lowest BCUT2D eigenvalue weighted by molar-refractivity contribution is 0.0890. The molecule has 0 aromatic carbocycles. The summed E-state index contributed by atoms with van der Waals surface area (Å²) in [7, 11) is 0. The van der Waals surface area contributed by atoms with Crippen LogP contribution in [0, 0.1) is 5.41 Å². The van der Waals surface area contributed by atoms with Gasteiger partial charge in [-0.15, -0.1) is 0 Å². The Balaban J connectivity index is 1.93. The van der Waals surface area contributed by atoms with Crippen LogP contribution >= 0.6 is 0 Å². The molecular weight excluding hydrogens is 202 g/mol. The number of nitrogens with one attached hydrogen (secondary N) is 1. The van der Waals surface area contributed by atoms with Gasteiger partial charge in [-0.1, -0.05) is 13.3 Å². The van der Waals surface area contributed by atoms with Crippen molar-refractivity contribution in [1.82, 2.24) is 10.3 Å². The van der Waals surface area contributed by atoms with Gasteiger partial charge in [0.2, 0.25) is 0 Å². The average Bonchev–Trinajstić information content (AvgIpc) is 2.23. The number of hydrogen-bond donors (Lipinski definition) is 2. The molecule has 0 aliphatic heterocycles. The third-order valence-corrected chi connectivity index (χ3v) is 3.28. The maximum absolute atomic E-state index is 11.8. The molecule has 86 valence electrons. The van der Waals surface area contributed by atoms with Crippen LogP contribution in [0.5, 0.6) is 0 Å². The van der Waals surface area contributed by atoms with E-state index >= 15 is 0 Å². The Hall–Kier alpha value is -1.58. The Morgan fingerprint density at radius 1 is 1.62 bits per heavy atom. The van der Waals surface area contributed by atoms with Crippen LogP contribution in [0.2, 0.25) is 0 Å². The van der Waals surface area contributed by atoms with Crippen molar-refractivity contribution in [3.63, 3.8) is 0 Å². The molecule has 16 heavy (non-hydrogen) atoms. The van der Waals surface area contributed by atoms with Gasteiger partial charge in [-0.3, -0.25) is 4.79 Å². The SMILES string of the molecule is CC1(CNC(=O)c2ccnc(N)c2)CCC1. The van der Waals surface area contributed by atoms with Crippen LogP contribution in [0.3, 0.4) is 0 Å². The smallest absolute Gasteiger partial charge is 0.251 e. The van der Waals surface area contributed by atoms with Crippen molar-refractivity contribution in [1.29, 1.82) is 0 Å². The van der Waals surface area contributed by atoms with Gasteiger partial charge >= 0.3 is 0 Å². The van der Waals surface area contributed by atoms with E-state index in [1.165, 1.54) is 19.3 Å². The summed E-state index contributed by atoms with van der Waals surface area (Å²) in [6.07, 6.45) is 5.22. The van der Waals surface area contributed by atoms with Gasteiger partial charge < -0.3 is 11.1 Å². The topological polar surface area (TPSA) is 68.0 Å². The molecule has 1 aliphatic carbocycles. The summed E-state index contributed by atoms with van der Waals surface area (Å²) in [5.74, 6) is 0.310. The summed E-state index contributed by atoms with van der Waals surface area (Å²) in [4.78, 5) is 15.6. The van der Waals surface area contributed by atoms with E-state index in [1.54, 1.807) is 18.3 Å². The van der Waals surface area contributed by atoms with Crippen molar-refractivity contribution in [3.05, 3.63) is 23.9 Å². The highest BCUT2D eigenvalue weighted by Gasteiger charge is 2.31. The second-order valence-electron chi connectivity index (χ2n) is 4.82. The summed E-state index contributed by atoms with van der Waals surface area (Å²) in [6, 6.07) is 3.27. The molecule has 4 nitrogen and oxygen atoms in total. The van der Waals surface area contributed by atoms with Gasteiger partial charge in [0, 0.05) is 18.3 Å². The molecule has 0 bridgehead atoms. The predicted molar refractivity (Wildman–Crippen MR) is 62.9 cm³/mol. The molecule has 4 heteroatoms. The molecule has 1 aromatic heterocycles. The molecule has 0 saturated heterocycles. The van der Waals surface area contributed by atoms with Gasteiger partial charge in [-0.2, -0.15) is 0 Å². The van der Waals surface area contributed by atoms with Crippen LogP contribution in [0.1, 0.15) is 36.5 Å². The summed E-state index contributed by atoms with van der Waals surface area (Å²) in [5.41, 5.74) is 6.40. The van der Waals surface area contributed by atoms with Crippen molar-refractivity contribution in [3.8, 4) is 0 Å². The average molecular weight is 219 g/mol. The molecule has 1 amide bonds. The zero-order valence-electron chi connectivity index (χ0n) is 9.49. The maximum atomic E-state index is 11.8. The molecule has 1 aliphatic rings. The van der Waals surface area contributed by atoms with Gasteiger partial charge in [0.25, 0.3) is 5.91 Å².